The number of nitrogens with zero attached hydrogens (tertiary/aromatic N) is 1. The highest BCUT2D eigenvalue weighted by atomic mass is 32.2. The lowest BCUT2D eigenvalue weighted by molar-refractivity contribution is -0.0443. The highest BCUT2D eigenvalue weighted by molar-refractivity contribution is 7.99. The van der Waals surface area contributed by atoms with Gasteiger partial charge in [0.2, 0.25) is 0 Å². The summed E-state index contributed by atoms with van der Waals surface area (Å²) < 4.78 is 0. The van der Waals surface area contributed by atoms with E-state index in [1.165, 1.54) is 94.1 Å². The standard InChI is InChI=1S/C48H49NS/c1-46(2)22-23-47(3,4)44-39(46)19-13-20-41(44)49(37-16-9-6-10-17-37)42-30-34(33-14-7-5-8-15-33)29-40-45(42)50-43-21-12-11-18-38(43)48(40)35-25-31-24-32(27-35)28-36(48)26-31/h5-21,29-32,35-36H,22-28H2,1-4H3. The lowest BCUT2D eigenvalue weighted by Gasteiger charge is -2.63. The van der Waals surface area contributed by atoms with Crippen LogP contribution in [0.3, 0.4) is 0 Å². The van der Waals surface area contributed by atoms with Gasteiger partial charge in [0.25, 0.3) is 0 Å². The Kier molecular flexibility index (Phi) is 6.90. The number of hydrogen-bond donors (Lipinski definition) is 0. The molecule has 4 saturated carbocycles. The van der Waals surface area contributed by atoms with Crippen molar-refractivity contribution in [1.82, 2.24) is 0 Å². The Labute approximate surface area is 303 Å². The zero-order valence-corrected chi connectivity index (χ0v) is 30.9. The van der Waals surface area contributed by atoms with E-state index >= 15 is 0 Å². The molecular formula is C48H49NS. The van der Waals surface area contributed by atoms with E-state index in [-0.39, 0.29) is 16.2 Å². The Bertz CT molecular complexity index is 2080. The SMILES string of the molecule is CC1(C)CCC(C)(C)c2c(N(c3ccccc3)c3cc(-c4ccccc4)cc4c3Sc3ccccc3C43C4CC5CC(C4)CC3C5)cccc21. The van der Waals surface area contributed by atoms with Gasteiger partial charge in [-0.05, 0) is 149 Å². The van der Waals surface area contributed by atoms with Gasteiger partial charge in [-0.3, -0.25) is 0 Å². The van der Waals surface area contributed by atoms with Crippen molar-refractivity contribution in [3.8, 4) is 11.1 Å². The minimum Gasteiger partial charge on any atom is -0.309 e. The maximum absolute atomic E-state index is 2.68. The highest BCUT2D eigenvalue weighted by Gasteiger charge is 2.61. The molecule has 1 heterocycles. The van der Waals surface area contributed by atoms with Crippen LogP contribution >= 0.6 is 11.8 Å². The number of benzene rings is 5. The van der Waals surface area contributed by atoms with Gasteiger partial charge in [0, 0.05) is 20.9 Å². The van der Waals surface area contributed by atoms with E-state index < -0.39 is 0 Å². The molecule has 5 aromatic carbocycles. The second kappa shape index (κ2) is 11.1. The predicted octanol–water partition coefficient (Wildman–Crippen LogP) is 13.4. The van der Waals surface area contributed by atoms with E-state index in [9.17, 15) is 0 Å². The summed E-state index contributed by atoms with van der Waals surface area (Å²) >= 11 is 2.04. The topological polar surface area (TPSA) is 3.24 Å². The number of anilines is 3. The summed E-state index contributed by atoms with van der Waals surface area (Å²) in [7, 11) is 0. The van der Waals surface area contributed by atoms with E-state index in [2.05, 4.69) is 148 Å². The van der Waals surface area contributed by atoms with E-state index in [0.717, 1.165) is 11.8 Å². The van der Waals surface area contributed by atoms with Crippen molar-refractivity contribution in [3.05, 3.63) is 138 Å². The average molecular weight is 672 g/mol. The Morgan fingerprint density at radius 1 is 0.540 bits per heavy atom. The van der Waals surface area contributed by atoms with Crippen LogP contribution in [-0.2, 0) is 16.2 Å². The third-order valence-corrected chi connectivity index (χ3v) is 15.1. The summed E-state index contributed by atoms with van der Waals surface area (Å²) in [5.74, 6) is 3.22. The molecule has 6 aliphatic rings. The number of fused-ring (bicyclic) bond motifs is 3. The molecule has 0 aromatic heterocycles. The van der Waals surface area contributed by atoms with Gasteiger partial charge in [-0.2, -0.15) is 0 Å². The summed E-state index contributed by atoms with van der Waals surface area (Å²) in [5.41, 5.74) is 13.1. The van der Waals surface area contributed by atoms with Crippen molar-refractivity contribution >= 4 is 28.8 Å². The fourth-order valence-electron chi connectivity index (χ4n) is 11.8. The van der Waals surface area contributed by atoms with Crippen molar-refractivity contribution in [2.45, 2.75) is 98.7 Å². The smallest absolute Gasteiger partial charge is 0.0610 e. The molecule has 1 nitrogen and oxygen atoms in total. The van der Waals surface area contributed by atoms with Crippen LogP contribution in [0, 0.1) is 23.7 Å². The molecule has 1 aliphatic heterocycles. The summed E-state index contributed by atoms with van der Waals surface area (Å²) in [4.78, 5) is 5.63. The van der Waals surface area contributed by atoms with Gasteiger partial charge in [0.05, 0.1) is 11.4 Å². The first-order valence-electron chi connectivity index (χ1n) is 19.2. The summed E-state index contributed by atoms with van der Waals surface area (Å²) in [6.45, 7) is 9.88. The van der Waals surface area contributed by atoms with E-state index in [1.54, 1.807) is 11.1 Å². The van der Waals surface area contributed by atoms with Gasteiger partial charge in [0.1, 0.15) is 0 Å². The molecular weight excluding hydrogens is 623 g/mol. The maximum atomic E-state index is 2.68. The van der Waals surface area contributed by atoms with Crippen LogP contribution in [0.25, 0.3) is 11.1 Å². The monoisotopic (exact) mass is 671 g/mol. The Morgan fingerprint density at radius 2 is 1.16 bits per heavy atom. The van der Waals surface area contributed by atoms with Crippen molar-refractivity contribution in [2.75, 3.05) is 4.90 Å². The zero-order chi connectivity index (χ0) is 33.8. The zero-order valence-electron chi connectivity index (χ0n) is 30.1. The molecule has 0 amide bonds. The van der Waals surface area contributed by atoms with Crippen LogP contribution in [0.15, 0.2) is 125 Å². The summed E-state index contributed by atoms with van der Waals surface area (Å²) in [6, 6.07) is 44.5. The average Bonchev–Trinajstić information content (AvgIpc) is 3.12. The van der Waals surface area contributed by atoms with Gasteiger partial charge in [-0.15, -0.1) is 0 Å². The van der Waals surface area contributed by atoms with Crippen LogP contribution in [0.5, 0.6) is 0 Å². The van der Waals surface area contributed by atoms with Gasteiger partial charge in [-0.25, -0.2) is 0 Å². The molecule has 11 rings (SSSR count). The molecule has 50 heavy (non-hydrogen) atoms. The lowest BCUT2D eigenvalue weighted by Crippen LogP contribution is -2.57. The molecule has 0 N–H and O–H groups in total. The van der Waals surface area contributed by atoms with E-state index in [4.69, 9.17) is 0 Å². The second-order valence-corrected chi connectivity index (χ2v) is 18.7. The second-order valence-electron chi connectivity index (χ2n) is 17.6. The Hall–Kier alpha value is -3.75. The first-order chi connectivity index (χ1) is 24.2. The first-order valence-corrected chi connectivity index (χ1v) is 20.1. The fraction of sp³-hybridized carbons (Fsp3) is 0.375. The molecule has 0 unspecified atom stereocenters. The maximum Gasteiger partial charge on any atom is 0.0610 e. The normalized spacial score (nSPS) is 27.8. The summed E-state index contributed by atoms with van der Waals surface area (Å²) in [6.07, 6.45) is 9.39. The highest BCUT2D eigenvalue weighted by Crippen LogP contribution is 2.70. The largest absolute Gasteiger partial charge is 0.309 e. The molecule has 5 aromatic rings. The van der Waals surface area contributed by atoms with Crippen LogP contribution in [0.4, 0.5) is 17.1 Å². The number of hydrogen-bond acceptors (Lipinski definition) is 2. The van der Waals surface area contributed by atoms with Crippen LogP contribution in [0.2, 0.25) is 0 Å². The van der Waals surface area contributed by atoms with Crippen LogP contribution in [-0.4, -0.2) is 0 Å². The van der Waals surface area contributed by atoms with E-state index in [1.807, 2.05) is 11.8 Å². The van der Waals surface area contributed by atoms with Crippen LogP contribution < -0.4 is 4.90 Å². The van der Waals surface area contributed by atoms with Crippen molar-refractivity contribution in [1.29, 1.82) is 0 Å². The third kappa shape index (κ3) is 4.46. The molecule has 0 atom stereocenters. The predicted molar refractivity (Wildman–Crippen MR) is 210 cm³/mol. The summed E-state index contributed by atoms with van der Waals surface area (Å²) in [5, 5.41) is 0. The molecule has 0 radical (unpaired) electrons. The molecule has 2 heteroatoms. The number of para-hydroxylation sites is 1. The van der Waals surface area contributed by atoms with Gasteiger partial charge >= 0.3 is 0 Å². The lowest BCUT2D eigenvalue weighted by atomic mass is 9.42. The first kappa shape index (κ1) is 31.0. The third-order valence-electron chi connectivity index (χ3n) is 13.9. The van der Waals surface area contributed by atoms with Crippen molar-refractivity contribution in [2.24, 2.45) is 23.7 Å². The minimum atomic E-state index is 0.0594. The van der Waals surface area contributed by atoms with Crippen LogP contribution in [0.1, 0.15) is 94.9 Å². The van der Waals surface area contributed by atoms with E-state index in [0.29, 0.717) is 11.8 Å². The van der Waals surface area contributed by atoms with Gasteiger partial charge < -0.3 is 4.90 Å². The quantitative estimate of drug-likeness (QED) is 0.187. The van der Waals surface area contributed by atoms with Gasteiger partial charge in [0.15, 0.2) is 0 Å². The molecule has 0 saturated heterocycles. The van der Waals surface area contributed by atoms with Gasteiger partial charge in [-0.1, -0.05) is 118 Å². The van der Waals surface area contributed by atoms with Crippen molar-refractivity contribution < 1.29 is 0 Å². The molecule has 5 aliphatic carbocycles. The fourth-order valence-corrected chi connectivity index (χ4v) is 13.1. The van der Waals surface area contributed by atoms with Crippen molar-refractivity contribution in [3.63, 3.8) is 0 Å². The molecule has 252 valence electrons. The Morgan fingerprint density at radius 3 is 1.88 bits per heavy atom. The molecule has 4 fully saturated rings. The molecule has 1 spiro atoms. The molecule has 4 bridgehead atoms. The number of rotatable bonds is 4. The minimum absolute atomic E-state index is 0.0594. The Balaban J connectivity index is 1.31.